The third-order valence-electron chi connectivity index (χ3n) is 2.54. The van der Waals surface area contributed by atoms with E-state index < -0.39 is 29.3 Å². The maximum atomic E-state index is 13.2. The van der Waals surface area contributed by atoms with Crippen LogP contribution < -0.4 is 5.32 Å². The first-order valence-corrected chi connectivity index (χ1v) is 6.98. The quantitative estimate of drug-likeness (QED) is 0.636. The van der Waals surface area contributed by atoms with E-state index in [1.807, 2.05) is 0 Å². The van der Waals surface area contributed by atoms with Crippen molar-refractivity contribution in [2.75, 3.05) is 6.54 Å². The first-order valence-electron chi connectivity index (χ1n) is 6.98. The topological polar surface area (TPSA) is 38.3 Å². The summed E-state index contributed by atoms with van der Waals surface area (Å²) in [6, 6.07) is 2.31. The van der Waals surface area contributed by atoms with Gasteiger partial charge >= 0.3 is 12.3 Å². The Morgan fingerprint density at radius 3 is 2.43 bits per heavy atom. The van der Waals surface area contributed by atoms with Gasteiger partial charge in [0.15, 0.2) is 0 Å². The predicted octanol–water partition coefficient (Wildman–Crippen LogP) is 4.77. The van der Waals surface area contributed by atoms with Crippen molar-refractivity contribution in [3.8, 4) is 0 Å². The lowest BCUT2D eigenvalue weighted by Gasteiger charge is -2.19. The van der Waals surface area contributed by atoms with Crippen molar-refractivity contribution in [1.82, 2.24) is 5.32 Å². The van der Waals surface area contributed by atoms with Crippen molar-refractivity contribution >= 4 is 12.2 Å². The summed E-state index contributed by atoms with van der Waals surface area (Å²) < 4.78 is 55.9. The number of hydrogen-bond donors (Lipinski definition) is 1. The van der Waals surface area contributed by atoms with Gasteiger partial charge in [-0.05, 0) is 51.0 Å². The first-order chi connectivity index (χ1) is 10.5. The van der Waals surface area contributed by atoms with Crippen LogP contribution in [0.5, 0.6) is 0 Å². The molecule has 3 nitrogen and oxygen atoms in total. The van der Waals surface area contributed by atoms with Crippen molar-refractivity contribution in [3.63, 3.8) is 0 Å². The Morgan fingerprint density at radius 1 is 1.22 bits per heavy atom. The highest BCUT2D eigenvalue weighted by atomic mass is 19.4. The highest BCUT2D eigenvalue weighted by Gasteiger charge is 2.31. The molecule has 0 aliphatic heterocycles. The van der Waals surface area contributed by atoms with Crippen molar-refractivity contribution in [3.05, 3.63) is 41.2 Å². The van der Waals surface area contributed by atoms with Crippen LogP contribution in [0, 0.1) is 5.82 Å². The number of ether oxygens (including phenoxy) is 1. The second kappa shape index (κ2) is 7.48. The third kappa shape index (κ3) is 7.67. The normalized spacial score (nSPS) is 12.5. The SMILES string of the molecule is CC(C)(C)OC(=O)NCCC=Cc1cc(F)cc(C(F)(F)F)c1. The summed E-state index contributed by atoms with van der Waals surface area (Å²) >= 11 is 0. The van der Waals surface area contributed by atoms with E-state index in [9.17, 15) is 22.4 Å². The molecule has 1 aromatic rings. The number of amides is 1. The van der Waals surface area contributed by atoms with Gasteiger partial charge in [-0.2, -0.15) is 13.2 Å². The average Bonchev–Trinajstić information content (AvgIpc) is 2.34. The van der Waals surface area contributed by atoms with Gasteiger partial charge in [-0.1, -0.05) is 12.2 Å². The van der Waals surface area contributed by atoms with Crippen LogP contribution in [0.2, 0.25) is 0 Å². The highest BCUT2D eigenvalue weighted by Crippen LogP contribution is 2.30. The Kier molecular flexibility index (Phi) is 6.18. The molecule has 0 fully saturated rings. The molecular formula is C16H19F4NO2. The van der Waals surface area contributed by atoms with E-state index in [-0.39, 0.29) is 12.1 Å². The van der Waals surface area contributed by atoms with Gasteiger partial charge < -0.3 is 10.1 Å². The summed E-state index contributed by atoms with van der Waals surface area (Å²) in [5.74, 6) is -0.952. The minimum absolute atomic E-state index is 0.106. The maximum Gasteiger partial charge on any atom is 0.416 e. The average molecular weight is 333 g/mol. The molecular weight excluding hydrogens is 314 g/mol. The van der Waals surface area contributed by atoms with Gasteiger partial charge in [0.25, 0.3) is 0 Å². The molecule has 0 saturated carbocycles. The van der Waals surface area contributed by atoms with Gasteiger partial charge in [-0.3, -0.25) is 0 Å². The van der Waals surface area contributed by atoms with E-state index >= 15 is 0 Å². The summed E-state index contributed by atoms with van der Waals surface area (Å²) in [6.07, 6.45) is -1.88. The molecule has 1 aromatic carbocycles. The van der Waals surface area contributed by atoms with Crippen LogP contribution in [-0.4, -0.2) is 18.2 Å². The second-order valence-corrected chi connectivity index (χ2v) is 5.89. The number of halogens is 4. The highest BCUT2D eigenvalue weighted by molar-refractivity contribution is 5.67. The van der Waals surface area contributed by atoms with E-state index in [2.05, 4.69) is 5.32 Å². The molecule has 0 aliphatic rings. The fourth-order valence-electron chi connectivity index (χ4n) is 1.66. The summed E-state index contributed by atoms with van der Waals surface area (Å²) in [5.41, 5.74) is -1.53. The molecule has 0 spiro atoms. The fraction of sp³-hybridized carbons (Fsp3) is 0.438. The van der Waals surface area contributed by atoms with E-state index in [0.29, 0.717) is 12.5 Å². The molecule has 128 valence electrons. The minimum Gasteiger partial charge on any atom is -0.444 e. The van der Waals surface area contributed by atoms with Crippen molar-refractivity contribution in [2.24, 2.45) is 0 Å². The Balaban J connectivity index is 2.53. The molecule has 1 amide bonds. The van der Waals surface area contributed by atoms with Crippen LogP contribution >= 0.6 is 0 Å². The Hall–Kier alpha value is -2.05. The smallest absolute Gasteiger partial charge is 0.416 e. The molecule has 0 saturated heterocycles. The van der Waals surface area contributed by atoms with Gasteiger partial charge in [-0.25, -0.2) is 9.18 Å². The molecule has 1 N–H and O–H groups in total. The molecule has 7 heteroatoms. The molecule has 0 aliphatic carbocycles. The summed E-state index contributed by atoms with van der Waals surface area (Å²) in [5, 5.41) is 2.51. The van der Waals surface area contributed by atoms with Crippen LogP contribution in [-0.2, 0) is 10.9 Å². The van der Waals surface area contributed by atoms with Gasteiger partial charge in [0.05, 0.1) is 5.56 Å². The lowest BCUT2D eigenvalue weighted by molar-refractivity contribution is -0.137. The largest absolute Gasteiger partial charge is 0.444 e. The van der Waals surface area contributed by atoms with E-state index in [1.165, 1.54) is 6.08 Å². The summed E-state index contributed by atoms with van der Waals surface area (Å²) in [4.78, 5) is 11.4. The zero-order chi connectivity index (χ0) is 17.7. The Bertz CT molecular complexity index is 574. The predicted molar refractivity (Wildman–Crippen MR) is 79.3 cm³/mol. The van der Waals surface area contributed by atoms with E-state index in [0.717, 1.165) is 12.1 Å². The summed E-state index contributed by atoms with van der Waals surface area (Å²) in [6.45, 7) is 5.45. The molecule has 0 atom stereocenters. The van der Waals surface area contributed by atoms with Crippen LogP contribution in [0.25, 0.3) is 6.08 Å². The van der Waals surface area contributed by atoms with Crippen molar-refractivity contribution < 1.29 is 27.1 Å². The standard InChI is InChI=1S/C16H19F4NO2/c1-15(2,3)23-14(22)21-7-5-4-6-11-8-12(16(18,19)20)10-13(17)9-11/h4,6,8-10H,5,7H2,1-3H3,(H,21,22). The second-order valence-electron chi connectivity index (χ2n) is 5.89. The molecule has 0 radical (unpaired) electrons. The van der Waals surface area contributed by atoms with E-state index in [4.69, 9.17) is 4.74 Å². The zero-order valence-electron chi connectivity index (χ0n) is 13.1. The molecule has 0 aromatic heterocycles. The van der Waals surface area contributed by atoms with Crippen LogP contribution in [0.4, 0.5) is 22.4 Å². The number of benzene rings is 1. The fourth-order valence-corrected chi connectivity index (χ4v) is 1.66. The number of nitrogens with one attached hydrogen (secondary N) is 1. The van der Waals surface area contributed by atoms with Gasteiger partial charge in [-0.15, -0.1) is 0 Å². The molecule has 0 unspecified atom stereocenters. The van der Waals surface area contributed by atoms with Gasteiger partial charge in [0.2, 0.25) is 0 Å². The van der Waals surface area contributed by atoms with Crippen LogP contribution in [0.1, 0.15) is 38.3 Å². The van der Waals surface area contributed by atoms with Crippen molar-refractivity contribution in [2.45, 2.75) is 39.0 Å². The Labute approximate surface area is 132 Å². The number of carbonyl (C=O) groups is 1. The minimum atomic E-state index is -4.59. The number of alkyl halides is 3. The number of rotatable bonds is 4. The molecule has 0 heterocycles. The summed E-state index contributed by atoms with van der Waals surface area (Å²) in [7, 11) is 0. The van der Waals surface area contributed by atoms with E-state index in [1.54, 1.807) is 26.8 Å². The number of hydrogen-bond acceptors (Lipinski definition) is 2. The maximum absolute atomic E-state index is 13.2. The van der Waals surface area contributed by atoms with Crippen LogP contribution in [0.15, 0.2) is 24.3 Å². The molecule has 23 heavy (non-hydrogen) atoms. The van der Waals surface area contributed by atoms with Gasteiger partial charge in [0.1, 0.15) is 11.4 Å². The van der Waals surface area contributed by atoms with Crippen molar-refractivity contribution in [1.29, 1.82) is 0 Å². The monoisotopic (exact) mass is 333 g/mol. The van der Waals surface area contributed by atoms with Crippen LogP contribution in [0.3, 0.4) is 0 Å². The number of alkyl carbamates (subject to hydrolysis) is 1. The zero-order valence-corrected chi connectivity index (χ0v) is 13.1. The lowest BCUT2D eigenvalue weighted by Crippen LogP contribution is -2.32. The third-order valence-corrected chi connectivity index (χ3v) is 2.54. The lowest BCUT2D eigenvalue weighted by atomic mass is 10.1. The molecule has 1 rings (SSSR count). The first kappa shape index (κ1) is 19.0. The number of carbonyl (C=O) groups excluding carboxylic acids is 1. The Morgan fingerprint density at radius 2 is 1.87 bits per heavy atom. The van der Waals surface area contributed by atoms with Gasteiger partial charge in [0, 0.05) is 6.54 Å². The molecule has 0 bridgehead atoms.